The highest BCUT2D eigenvalue weighted by atomic mass is 15.2. The van der Waals surface area contributed by atoms with Crippen molar-refractivity contribution in [2.24, 2.45) is 9.98 Å². The molecular formula is C37H26N6. The molecule has 6 nitrogen and oxygen atoms in total. The van der Waals surface area contributed by atoms with Crippen LogP contribution in [0.25, 0.3) is 66.5 Å². The molecule has 0 fully saturated rings. The van der Waals surface area contributed by atoms with Crippen molar-refractivity contribution in [1.82, 2.24) is 19.1 Å². The van der Waals surface area contributed by atoms with Crippen LogP contribution >= 0.6 is 0 Å². The van der Waals surface area contributed by atoms with Gasteiger partial charge in [0.25, 0.3) is 0 Å². The zero-order valence-electron chi connectivity index (χ0n) is 23.5. The van der Waals surface area contributed by atoms with Gasteiger partial charge >= 0.3 is 0 Å². The van der Waals surface area contributed by atoms with Crippen LogP contribution < -0.4 is 0 Å². The van der Waals surface area contributed by atoms with E-state index in [1.165, 1.54) is 0 Å². The SMILES string of the molecule is C=Nc1cc2c(cc1/N=C\C)c1ccc3c4ccccc4n(-c4nccc(-c5ccccc5)n4)c3c1n2-c1ccccc1. The first-order valence-electron chi connectivity index (χ1n) is 14.2. The topological polar surface area (TPSA) is 60.4 Å². The van der Waals surface area contributed by atoms with Crippen molar-refractivity contribution in [3.63, 3.8) is 0 Å². The van der Waals surface area contributed by atoms with E-state index >= 15 is 0 Å². The van der Waals surface area contributed by atoms with Crippen molar-refractivity contribution >= 4 is 67.9 Å². The molecule has 3 heterocycles. The molecule has 0 atom stereocenters. The first-order chi connectivity index (χ1) is 21.3. The molecule has 0 saturated heterocycles. The van der Waals surface area contributed by atoms with Crippen LogP contribution in [-0.2, 0) is 0 Å². The van der Waals surface area contributed by atoms with Crippen LogP contribution in [0.1, 0.15) is 6.92 Å². The summed E-state index contributed by atoms with van der Waals surface area (Å²) >= 11 is 0. The summed E-state index contributed by atoms with van der Waals surface area (Å²) in [6, 6.07) is 39.7. The van der Waals surface area contributed by atoms with E-state index in [0.717, 1.165) is 71.9 Å². The molecule has 8 aromatic rings. The number of benzene rings is 5. The molecule has 0 aliphatic carbocycles. The van der Waals surface area contributed by atoms with Gasteiger partial charge in [-0.3, -0.25) is 14.6 Å². The van der Waals surface area contributed by atoms with Gasteiger partial charge in [-0.05, 0) is 50.0 Å². The Morgan fingerprint density at radius 3 is 2.12 bits per heavy atom. The van der Waals surface area contributed by atoms with Gasteiger partial charge in [0.1, 0.15) is 0 Å². The lowest BCUT2D eigenvalue weighted by Crippen LogP contribution is -2.03. The lowest BCUT2D eigenvalue weighted by atomic mass is 10.1. The Morgan fingerprint density at radius 2 is 1.35 bits per heavy atom. The van der Waals surface area contributed by atoms with E-state index in [1.807, 2.05) is 43.5 Å². The van der Waals surface area contributed by atoms with Crippen molar-refractivity contribution in [3.05, 3.63) is 121 Å². The van der Waals surface area contributed by atoms with E-state index in [4.69, 9.17) is 9.97 Å². The van der Waals surface area contributed by atoms with E-state index in [2.05, 4.69) is 111 Å². The number of fused-ring (bicyclic) bond motifs is 7. The van der Waals surface area contributed by atoms with Crippen LogP contribution in [0.3, 0.4) is 0 Å². The first kappa shape index (κ1) is 24.9. The molecule has 0 aliphatic rings. The zero-order chi connectivity index (χ0) is 28.9. The summed E-state index contributed by atoms with van der Waals surface area (Å²) in [5.74, 6) is 0.620. The third kappa shape index (κ3) is 3.81. The molecule has 0 N–H and O–H groups in total. The Balaban J connectivity index is 1.58. The Labute approximate surface area is 247 Å². The van der Waals surface area contributed by atoms with E-state index < -0.39 is 0 Å². The molecule has 0 bridgehead atoms. The van der Waals surface area contributed by atoms with Gasteiger partial charge in [0, 0.05) is 45.2 Å². The van der Waals surface area contributed by atoms with Gasteiger partial charge in [0.2, 0.25) is 5.95 Å². The van der Waals surface area contributed by atoms with Crippen molar-refractivity contribution in [3.8, 4) is 22.9 Å². The molecule has 43 heavy (non-hydrogen) atoms. The second-order valence-corrected chi connectivity index (χ2v) is 10.4. The molecule has 0 amide bonds. The number of rotatable bonds is 5. The first-order valence-corrected chi connectivity index (χ1v) is 14.2. The van der Waals surface area contributed by atoms with Crippen LogP contribution in [-0.4, -0.2) is 32.0 Å². The molecule has 6 heteroatoms. The fourth-order valence-electron chi connectivity index (χ4n) is 6.22. The average Bonchev–Trinajstić information content (AvgIpc) is 3.58. The number of hydrogen-bond donors (Lipinski definition) is 0. The Hall–Kier alpha value is -5.88. The number of aliphatic imine (C=N–C) groups is 2. The monoisotopic (exact) mass is 554 g/mol. The molecule has 5 aromatic carbocycles. The highest BCUT2D eigenvalue weighted by molar-refractivity contribution is 6.24. The van der Waals surface area contributed by atoms with E-state index in [0.29, 0.717) is 5.95 Å². The van der Waals surface area contributed by atoms with Gasteiger partial charge in [0.15, 0.2) is 0 Å². The predicted octanol–water partition coefficient (Wildman–Crippen LogP) is 9.39. The Morgan fingerprint density at radius 1 is 0.651 bits per heavy atom. The molecule has 204 valence electrons. The summed E-state index contributed by atoms with van der Waals surface area (Å²) in [6.45, 7) is 5.76. The zero-order valence-corrected chi connectivity index (χ0v) is 23.5. The van der Waals surface area contributed by atoms with E-state index in [1.54, 1.807) is 6.21 Å². The second kappa shape index (κ2) is 9.89. The molecule has 8 rings (SSSR count). The minimum absolute atomic E-state index is 0.620. The maximum Gasteiger partial charge on any atom is 0.235 e. The Bertz CT molecular complexity index is 2360. The quantitative estimate of drug-likeness (QED) is 0.199. The summed E-state index contributed by atoms with van der Waals surface area (Å²) in [6.07, 6.45) is 3.63. The third-order valence-electron chi connectivity index (χ3n) is 8.02. The van der Waals surface area contributed by atoms with Crippen LogP contribution in [0.2, 0.25) is 0 Å². The van der Waals surface area contributed by atoms with Crippen LogP contribution in [0.15, 0.2) is 131 Å². The van der Waals surface area contributed by atoms with Crippen molar-refractivity contribution in [2.75, 3.05) is 0 Å². The summed E-state index contributed by atoms with van der Waals surface area (Å²) < 4.78 is 4.52. The van der Waals surface area contributed by atoms with Gasteiger partial charge in [-0.1, -0.05) is 78.9 Å². The molecule has 0 spiro atoms. The van der Waals surface area contributed by atoms with E-state index in [9.17, 15) is 0 Å². The highest BCUT2D eigenvalue weighted by Gasteiger charge is 2.23. The summed E-state index contributed by atoms with van der Waals surface area (Å²) in [4.78, 5) is 18.9. The van der Waals surface area contributed by atoms with Gasteiger partial charge in [0.05, 0.1) is 39.1 Å². The van der Waals surface area contributed by atoms with Crippen LogP contribution in [0.4, 0.5) is 11.4 Å². The van der Waals surface area contributed by atoms with Crippen LogP contribution in [0.5, 0.6) is 0 Å². The summed E-state index contributed by atoms with van der Waals surface area (Å²) in [5, 5.41) is 4.47. The van der Waals surface area contributed by atoms with Crippen molar-refractivity contribution in [2.45, 2.75) is 6.92 Å². The third-order valence-corrected chi connectivity index (χ3v) is 8.02. The molecule has 0 aliphatic heterocycles. The minimum Gasteiger partial charge on any atom is -0.307 e. The lowest BCUT2D eigenvalue weighted by molar-refractivity contribution is 0.991. The lowest BCUT2D eigenvalue weighted by Gasteiger charge is -2.12. The molecule has 0 radical (unpaired) electrons. The van der Waals surface area contributed by atoms with Gasteiger partial charge in [-0.2, -0.15) is 0 Å². The van der Waals surface area contributed by atoms with Gasteiger partial charge in [-0.15, -0.1) is 0 Å². The van der Waals surface area contributed by atoms with Gasteiger partial charge in [-0.25, -0.2) is 9.97 Å². The normalized spacial score (nSPS) is 11.8. The predicted molar refractivity (Wildman–Crippen MR) is 179 cm³/mol. The fourth-order valence-corrected chi connectivity index (χ4v) is 6.22. The van der Waals surface area contributed by atoms with Gasteiger partial charge < -0.3 is 4.57 Å². The summed E-state index contributed by atoms with van der Waals surface area (Å²) in [7, 11) is 0. The number of aromatic nitrogens is 4. The molecular weight excluding hydrogens is 528 g/mol. The standard InChI is InChI=1S/C37H26N6/c1-3-39-32-22-29-28-19-18-27-26-16-10-11-17-33(26)43(37-40-21-20-30(41-37)24-12-6-4-7-13-24)36(27)35(28)42(25-14-8-5-9-15-25)34(29)23-31(32)38-2/h3-23H,2H2,1H3/b39-3-. The smallest absolute Gasteiger partial charge is 0.235 e. The largest absolute Gasteiger partial charge is 0.307 e. The number of para-hydroxylation sites is 2. The fraction of sp³-hybridized carbons (Fsp3) is 0.0270. The molecule has 0 unspecified atom stereocenters. The Kier molecular flexibility index (Phi) is 5.72. The molecule has 3 aromatic heterocycles. The van der Waals surface area contributed by atoms with E-state index in [-0.39, 0.29) is 0 Å². The van der Waals surface area contributed by atoms with Crippen molar-refractivity contribution in [1.29, 1.82) is 0 Å². The maximum absolute atomic E-state index is 5.11. The minimum atomic E-state index is 0.620. The van der Waals surface area contributed by atoms with Crippen LogP contribution in [0, 0.1) is 0 Å². The second-order valence-electron chi connectivity index (χ2n) is 10.4. The number of nitrogens with zero attached hydrogens (tertiary/aromatic N) is 6. The maximum atomic E-state index is 5.11. The number of hydrogen-bond acceptors (Lipinski definition) is 4. The molecule has 0 saturated carbocycles. The average molecular weight is 555 g/mol. The highest BCUT2D eigenvalue weighted by Crippen LogP contribution is 2.44. The summed E-state index contributed by atoms with van der Waals surface area (Å²) in [5.41, 5.74) is 8.67. The van der Waals surface area contributed by atoms with Crippen molar-refractivity contribution < 1.29 is 0 Å².